The van der Waals surface area contributed by atoms with Crippen LogP contribution in [0.5, 0.6) is 0 Å². The lowest BCUT2D eigenvalue weighted by atomic mass is 9.96. The van der Waals surface area contributed by atoms with E-state index in [4.69, 9.17) is 55.9 Å². The molecule has 1 aliphatic rings. The summed E-state index contributed by atoms with van der Waals surface area (Å²) in [5, 5.41) is 15.2. The first-order valence-electron chi connectivity index (χ1n) is 12.3. The van der Waals surface area contributed by atoms with Crippen LogP contribution in [0.4, 0.5) is 0 Å². The van der Waals surface area contributed by atoms with E-state index in [2.05, 4.69) is 10.2 Å². The maximum Gasteiger partial charge on any atom is 0.269 e. The van der Waals surface area contributed by atoms with Crippen molar-refractivity contribution < 1.29 is 12.8 Å². The van der Waals surface area contributed by atoms with Gasteiger partial charge in [0.15, 0.2) is 15.5 Å². The number of hydrogen-bond acceptors (Lipinski definition) is 6. The van der Waals surface area contributed by atoms with Gasteiger partial charge >= 0.3 is 0 Å². The first-order chi connectivity index (χ1) is 19.1. The van der Waals surface area contributed by atoms with Crippen LogP contribution in [-0.4, -0.2) is 34.1 Å². The lowest BCUT2D eigenvalue weighted by molar-refractivity contribution is 0.470. The van der Waals surface area contributed by atoms with Crippen LogP contribution in [0, 0.1) is 0 Å². The Morgan fingerprint density at radius 1 is 0.875 bits per heavy atom. The van der Waals surface area contributed by atoms with Crippen LogP contribution in [0.2, 0.25) is 20.1 Å². The second-order valence-electron chi connectivity index (χ2n) is 9.45. The summed E-state index contributed by atoms with van der Waals surface area (Å²) in [6.45, 7) is 1.57. The molecule has 0 saturated heterocycles. The average Bonchev–Trinajstić information content (AvgIpc) is 3.40. The molecule has 40 heavy (non-hydrogen) atoms. The third-order valence-electron chi connectivity index (χ3n) is 6.97. The highest BCUT2D eigenvalue weighted by Crippen LogP contribution is 2.53. The molecule has 0 amide bonds. The van der Waals surface area contributed by atoms with Gasteiger partial charge in [-0.25, -0.2) is 13.1 Å². The zero-order valence-corrected chi connectivity index (χ0v) is 24.7. The molecule has 0 bridgehead atoms. The quantitative estimate of drug-likeness (QED) is 0.180. The van der Waals surface area contributed by atoms with Crippen LogP contribution in [0.15, 0.2) is 76.0 Å². The Labute approximate surface area is 250 Å². The van der Waals surface area contributed by atoms with Crippen molar-refractivity contribution in [2.75, 3.05) is 5.75 Å². The van der Waals surface area contributed by atoms with Crippen LogP contribution in [-0.2, 0) is 15.3 Å². The number of rotatable bonds is 7. The molecule has 6 rings (SSSR count). The number of aromatic nitrogens is 4. The molecule has 0 unspecified atom stereocenters. The SMILES string of the molecule is CCS(=O)(=O)c1c(-c2nnc(C3(c4ccc(Cl)cc4)CC3)o2)nn(-c2ccc(Cl)cc2Cl)c1-c1ccc(Cl)cc1. The van der Waals surface area contributed by atoms with E-state index in [1.807, 2.05) is 24.3 Å². The van der Waals surface area contributed by atoms with E-state index in [1.165, 1.54) is 4.68 Å². The van der Waals surface area contributed by atoms with Crippen molar-refractivity contribution in [2.45, 2.75) is 30.1 Å². The zero-order valence-electron chi connectivity index (χ0n) is 20.9. The highest BCUT2D eigenvalue weighted by Gasteiger charge is 2.51. The van der Waals surface area contributed by atoms with Gasteiger partial charge in [0.05, 0.1) is 27.6 Å². The van der Waals surface area contributed by atoms with Gasteiger partial charge in [0.1, 0.15) is 4.90 Å². The molecule has 204 valence electrons. The van der Waals surface area contributed by atoms with E-state index in [-0.39, 0.29) is 32.9 Å². The molecule has 0 N–H and O–H groups in total. The monoisotopic (exact) mass is 632 g/mol. The Hall–Kier alpha value is -2.88. The summed E-state index contributed by atoms with van der Waals surface area (Å²) in [7, 11) is -3.87. The van der Waals surface area contributed by atoms with Gasteiger partial charge in [0, 0.05) is 20.6 Å². The summed E-state index contributed by atoms with van der Waals surface area (Å²) in [5.74, 6) is 0.189. The summed E-state index contributed by atoms with van der Waals surface area (Å²) in [5.41, 5.74) is 1.84. The molecule has 3 aromatic carbocycles. The van der Waals surface area contributed by atoms with E-state index in [0.717, 1.165) is 18.4 Å². The molecule has 2 heterocycles. The Balaban J connectivity index is 1.59. The molecule has 0 aliphatic heterocycles. The van der Waals surface area contributed by atoms with Gasteiger partial charge in [-0.2, -0.15) is 5.10 Å². The predicted octanol–water partition coefficient (Wildman–Crippen LogP) is 8.08. The highest BCUT2D eigenvalue weighted by molar-refractivity contribution is 7.91. The fraction of sp³-hybridized carbons (Fsp3) is 0.179. The largest absolute Gasteiger partial charge is 0.418 e. The molecule has 2 aromatic heterocycles. The maximum absolute atomic E-state index is 13.7. The smallest absolute Gasteiger partial charge is 0.269 e. The highest BCUT2D eigenvalue weighted by atomic mass is 35.5. The number of hydrogen-bond donors (Lipinski definition) is 0. The molecule has 0 spiro atoms. The molecule has 1 fully saturated rings. The number of benzene rings is 3. The Bertz CT molecular complexity index is 1850. The third kappa shape index (κ3) is 4.72. The number of nitrogens with zero attached hydrogens (tertiary/aromatic N) is 4. The van der Waals surface area contributed by atoms with Gasteiger partial charge < -0.3 is 4.42 Å². The maximum atomic E-state index is 13.7. The predicted molar refractivity (Wildman–Crippen MR) is 157 cm³/mol. The number of sulfone groups is 1. The standard InChI is InChI=1S/C28H20Cl4N4O3S/c1-2-40(37,38)25-23(26-33-34-27(39-26)28(13-14-28)17-5-9-19(30)10-6-17)35-36(22-12-11-20(31)15-21(22)32)24(25)16-3-7-18(29)8-4-16/h3-12,15H,2,13-14H2,1H3. The van der Waals surface area contributed by atoms with Gasteiger partial charge in [-0.05, 0) is 60.9 Å². The van der Waals surface area contributed by atoms with Gasteiger partial charge in [-0.15, -0.1) is 10.2 Å². The Morgan fingerprint density at radius 3 is 2.10 bits per heavy atom. The lowest BCUT2D eigenvalue weighted by Gasteiger charge is -2.12. The van der Waals surface area contributed by atoms with Crippen LogP contribution < -0.4 is 0 Å². The van der Waals surface area contributed by atoms with Crippen molar-refractivity contribution in [1.82, 2.24) is 20.0 Å². The Kier molecular flexibility index (Phi) is 6.95. The fourth-order valence-corrected chi connectivity index (χ4v) is 6.65. The van der Waals surface area contributed by atoms with E-state index in [9.17, 15) is 8.42 Å². The van der Waals surface area contributed by atoms with Crippen molar-refractivity contribution in [3.05, 3.63) is 98.3 Å². The molecule has 0 atom stereocenters. The van der Waals surface area contributed by atoms with Crippen LogP contribution >= 0.6 is 46.4 Å². The third-order valence-corrected chi connectivity index (χ3v) is 9.78. The second-order valence-corrected chi connectivity index (χ2v) is 13.4. The fourth-order valence-electron chi connectivity index (χ4n) is 4.70. The van der Waals surface area contributed by atoms with Crippen molar-refractivity contribution in [1.29, 1.82) is 0 Å². The lowest BCUT2D eigenvalue weighted by Crippen LogP contribution is -2.08. The zero-order chi connectivity index (χ0) is 28.2. The minimum atomic E-state index is -3.87. The molecule has 0 radical (unpaired) electrons. The Morgan fingerprint density at radius 2 is 1.50 bits per heavy atom. The summed E-state index contributed by atoms with van der Waals surface area (Å²) < 4.78 is 35.0. The molecule has 1 aliphatic carbocycles. The normalized spacial score (nSPS) is 14.4. The second kappa shape index (κ2) is 10.2. The van der Waals surface area contributed by atoms with Crippen LogP contribution in [0.3, 0.4) is 0 Å². The average molecular weight is 634 g/mol. The van der Waals surface area contributed by atoms with E-state index >= 15 is 0 Å². The van der Waals surface area contributed by atoms with Gasteiger partial charge in [0.2, 0.25) is 5.89 Å². The summed E-state index contributed by atoms with van der Waals surface area (Å²) in [6, 6.07) is 19.2. The summed E-state index contributed by atoms with van der Waals surface area (Å²) in [4.78, 5) is -0.0464. The van der Waals surface area contributed by atoms with Crippen LogP contribution in [0.1, 0.15) is 31.2 Å². The van der Waals surface area contributed by atoms with Crippen molar-refractivity contribution >= 4 is 56.2 Å². The molecular formula is C28H20Cl4N4O3S. The first-order valence-corrected chi connectivity index (χ1v) is 15.5. The summed E-state index contributed by atoms with van der Waals surface area (Å²) in [6.07, 6.45) is 1.61. The van der Waals surface area contributed by atoms with Crippen molar-refractivity contribution in [2.24, 2.45) is 0 Å². The minimum Gasteiger partial charge on any atom is -0.418 e. The first kappa shape index (κ1) is 27.3. The van der Waals surface area contributed by atoms with Crippen molar-refractivity contribution in [3.8, 4) is 28.5 Å². The molecule has 12 heteroatoms. The topological polar surface area (TPSA) is 90.9 Å². The van der Waals surface area contributed by atoms with Gasteiger partial charge in [-0.1, -0.05) is 77.6 Å². The molecule has 1 saturated carbocycles. The van der Waals surface area contributed by atoms with E-state index in [1.54, 1.807) is 49.4 Å². The van der Waals surface area contributed by atoms with E-state index in [0.29, 0.717) is 32.2 Å². The van der Waals surface area contributed by atoms with E-state index < -0.39 is 15.3 Å². The summed E-state index contributed by atoms with van der Waals surface area (Å²) >= 11 is 25.0. The van der Waals surface area contributed by atoms with Gasteiger partial charge in [-0.3, -0.25) is 0 Å². The molecule has 7 nitrogen and oxygen atoms in total. The van der Waals surface area contributed by atoms with Crippen LogP contribution in [0.25, 0.3) is 28.5 Å². The molecular weight excluding hydrogens is 614 g/mol. The van der Waals surface area contributed by atoms with Crippen molar-refractivity contribution in [3.63, 3.8) is 0 Å². The molecule has 5 aromatic rings. The number of halogens is 4. The van der Waals surface area contributed by atoms with Gasteiger partial charge in [0.25, 0.3) is 5.89 Å². The minimum absolute atomic E-state index is 0.0127.